The molecule has 1 aromatic rings. The highest BCUT2D eigenvalue weighted by atomic mass is 32.2. The zero-order chi connectivity index (χ0) is 22.9. The predicted molar refractivity (Wildman–Crippen MR) is 122 cm³/mol. The maximum Gasteiger partial charge on any atom is 0.353 e. The Morgan fingerprint density at radius 2 is 1.77 bits per heavy atom. The van der Waals surface area contributed by atoms with Crippen LogP contribution in [0.2, 0.25) is 0 Å². The summed E-state index contributed by atoms with van der Waals surface area (Å²) < 4.78 is 30.1. The van der Waals surface area contributed by atoms with Gasteiger partial charge in [-0.1, -0.05) is 45.9 Å². The predicted octanol–water partition coefficient (Wildman–Crippen LogP) is 5.68. The number of hydrogen-bond acceptors (Lipinski definition) is 3. The number of carbonyl (C=O) groups excluding carboxylic acids is 1. The molecule has 7 heteroatoms. The van der Waals surface area contributed by atoms with E-state index in [1.165, 1.54) is 12.1 Å². The van der Waals surface area contributed by atoms with Gasteiger partial charge in [0.1, 0.15) is 5.82 Å². The molecule has 30 heavy (non-hydrogen) atoms. The molecule has 166 valence electrons. The Bertz CT molecular complexity index is 938. The van der Waals surface area contributed by atoms with Crippen molar-refractivity contribution in [2.24, 2.45) is 4.36 Å². The Morgan fingerprint density at radius 1 is 1.23 bits per heavy atom. The van der Waals surface area contributed by atoms with Crippen LogP contribution in [0.3, 0.4) is 0 Å². The second-order valence-corrected chi connectivity index (χ2v) is 11.0. The number of urea groups is 1. The van der Waals surface area contributed by atoms with Gasteiger partial charge in [0.25, 0.3) is 0 Å². The molecule has 0 saturated carbocycles. The lowest BCUT2D eigenvalue weighted by molar-refractivity contribution is 0.114. The Hall–Kier alpha value is -1.99. The van der Waals surface area contributed by atoms with Crippen LogP contribution < -0.4 is 5.32 Å². The van der Waals surface area contributed by atoms with Gasteiger partial charge in [0.05, 0.1) is 20.9 Å². The van der Waals surface area contributed by atoms with Crippen LogP contribution in [0.5, 0.6) is 0 Å². The van der Waals surface area contributed by atoms with E-state index in [0.29, 0.717) is 23.2 Å². The van der Waals surface area contributed by atoms with Crippen LogP contribution in [0.1, 0.15) is 77.8 Å². The molecule has 2 atom stereocenters. The van der Waals surface area contributed by atoms with Crippen LogP contribution in [0, 0.1) is 5.82 Å². The molecule has 1 aliphatic rings. The summed E-state index contributed by atoms with van der Waals surface area (Å²) in [7, 11) is -2.30. The maximum absolute atomic E-state index is 14.1. The maximum atomic E-state index is 14.1. The molecule has 0 spiro atoms. The number of aliphatic hydroxyl groups is 1. The first kappa shape index (κ1) is 24.3. The lowest BCUT2D eigenvalue weighted by Gasteiger charge is -2.31. The Morgan fingerprint density at radius 3 is 2.23 bits per heavy atom. The van der Waals surface area contributed by atoms with Crippen LogP contribution in [0.15, 0.2) is 40.3 Å². The zero-order valence-corrected chi connectivity index (χ0v) is 19.7. The third kappa shape index (κ3) is 5.58. The van der Waals surface area contributed by atoms with E-state index in [1.54, 1.807) is 39.0 Å². The van der Waals surface area contributed by atoms with Gasteiger partial charge in [0, 0.05) is 5.69 Å². The first-order valence-electron chi connectivity index (χ1n) is 10.2. The fraction of sp³-hybridized carbons (Fsp3) is 0.522. The van der Waals surface area contributed by atoms with Crippen molar-refractivity contribution in [2.75, 3.05) is 5.32 Å². The van der Waals surface area contributed by atoms with Gasteiger partial charge in [0.2, 0.25) is 0 Å². The second kappa shape index (κ2) is 9.02. The molecule has 2 unspecified atom stereocenters. The van der Waals surface area contributed by atoms with Crippen molar-refractivity contribution in [3.05, 3.63) is 52.9 Å². The Balaban J connectivity index is 2.36. The van der Waals surface area contributed by atoms with E-state index in [1.807, 2.05) is 27.7 Å². The molecule has 1 aromatic carbocycles. The molecule has 2 N–H and O–H groups in total. The third-order valence-electron chi connectivity index (χ3n) is 5.35. The minimum Gasteiger partial charge on any atom is -0.386 e. The number of allylic oxidation sites excluding steroid dienone is 2. The smallest absolute Gasteiger partial charge is 0.353 e. The van der Waals surface area contributed by atoms with Crippen molar-refractivity contribution in [2.45, 2.75) is 77.1 Å². The molecular weight excluding hydrogens is 403 g/mol. The lowest BCUT2D eigenvalue weighted by Crippen LogP contribution is -2.33. The number of hydrogen-bond donors (Lipinski definition) is 3. The van der Waals surface area contributed by atoms with Gasteiger partial charge in [0.15, 0.2) is 0 Å². The third-order valence-corrected chi connectivity index (χ3v) is 6.89. The van der Waals surface area contributed by atoms with Gasteiger partial charge < -0.3 is 10.4 Å². The number of thiol groups is 1. The van der Waals surface area contributed by atoms with Crippen LogP contribution in [-0.4, -0.2) is 25.7 Å². The highest BCUT2D eigenvalue weighted by Gasteiger charge is 2.33. The van der Waals surface area contributed by atoms with Gasteiger partial charge in [-0.2, -0.15) is 0 Å². The van der Waals surface area contributed by atoms with Crippen molar-refractivity contribution in [1.29, 1.82) is 0 Å². The molecule has 5 nitrogen and oxygen atoms in total. The Kier molecular flexibility index (Phi) is 7.30. The van der Waals surface area contributed by atoms with E-state index in [9.17, 15) is 18.5 Å². The minimum absolute atomic E-state index is 0.0134. The van der Waals surface area contributed by atoms with Crippen molar-refractivity contribution < 1.29 is 18.5 Å². The fourth-order valence-electron chi connectivity index (χ4n) is 3.46. The van der Waals surface area contributed by atoms with E-state index in [4.69, 9.17) is 0 Å². The molecule has 0 radical (unpaired) electrons. The summed E-state index contributed by atoms with van der Waals surface area (Å²) in [6, 6.07) is 2.11. The molecule has 0 aromatic heterocycles. The Labute approximate surface area is 180 Å². The molecule has 0 aliphatic heterocycles. The minimum atomic E-state index is -2.30. The molecule has 2 amide bonds. The number of benzene rings is 1. The molecule has 0 heterocycles. The van der Waals surface area contributed by atoms with Gasteiger partial charge in [-0.15, -0.1) is 4.36 Å². The molecular formula is C23H33FN2O3S. The van der Waals surface area contributed by atoms with Crippen molar-refractivity contribution in [1.82, 2.24) is 0 Å². The summed E-state index contributed by atoms with van der Waals surface area (Å²) >= 11 is 0. The summed E-state index contributed by atoms with van der Waals surface area (Å²) in [5.74, 6) is -0.379. The largest absolute Gasteiger partial charge is 0.386 e. The van der Waals surface area contributed by atoms with Gasteiger partial charge in [-0.3, -0.25) is 4.21 Å². The van der Waals surface area contributed by atoms with Crippen molar-refractivity contribution in [3.63, 3.8) is 0 Å². The summed E-state index contributed by atoms with van der Waals surface area (Å²) in [4.78, 5) is 12.7. The number of rotatable bonds is 5. The normalized spacial score (nSPS) is 20.6. The standard InChI is InChI=1S/C23H33FN2O3S/c1-14(2)18-11-17(24)12-19(15(3)4)20(18)25-21(27)26-30(29)23(7)10-8-9-16(13-23)22(5,6)28/h8-12,14-15,28,30H,13H2,1-7H3,(H,25,27). The SMILES string of the molecule is CC(C)c1cc(F)cc(C(C)C)c1NC(=O)/N=[SH](=O)\C1(C)C=CC=C(C(C)(C)O)C1. The molecule has 1 aliphatic carbocycles. The lowest BCUT2D eigenvalue weighted by atomic mass is 9.86. The average Bonchev–Trinajstić information content (AvgIpc) is 2.61. The number of anilines is 1. The number of amides is 2. The second-order valence-electron chi connectivity index (χ2n) is 9.22. The average molecular weight is 437 g/mol. The van der Waals surface area contributed by atoms with Crippen LogP contribution in [-0.2, 0) is 10.6 Å². The number of nitrogens with one attached hydrogen (secondary N) is 1. The monoisotopic (exact) mass is 436 g/mol. The molecule has 0 bridgehead atoms. The molecule has 0 saturated heterocycles. The van der Waals surface area contributed by atoms with Crippen molar-refractivity contribution in [3.8, 4) is 0 Å². The van der Waals surface area contributed by atoms with E-state index >= 15 is 0 Å². The van der Waals surface area contributed by atoms with Gasteiger partial charge in [-0.25, -0.2) is 9.18 Å². The highest BCUT2D eigenvalue weighted by Crippen LogP contribution is 2.35. The number of halogens is 1. The first-order chi connectivity index (χ1) is 13.7. The molecule has 2 rings (SSSR count). The summed E-state index contributed by atoms with van der Waals surface area (Å²) in [6.45, 7) is 12.8. The van der Waals surface area contributed by atoms with E-state index < -0.39 is 27.0 Å². The summed E-state index contributed by atoms with van der Waals surface area (Å²) in [5.41, 5.74) is 1.56. The topological polar surface area (TPSA) is 78.8 Å². The zero-order valence-electron chi connectivity index (χ0n) is 18.8. The fourth-order valence-corrected chi connectivity index (χ4v) is 4.42. The van der Waals surface area contributed by atoms with Crippen molar-refractivity contribution >= 4 is 22.3 Å². The quantitative estimate of drug-likeness (QED) is 0.519. The van der Waals surface area contributed by atoms with E-state index in [0.717, 1.165) is 5.57 Å². The highest BCUT2D eigenvalue weighted by molar-refractivity contribution is 7.77. The molecule has 0 fully saturated rings. The summed E-state index contributed by atoms with van der Waals surface area (Å²) in [5, 5.41) is 13.0. The van der Waals surface area contributed by atoms with Gasteiger partial charge >= 0.3 is 6.03 Å². The van der Waals surface area contributed by atoms with Crippen LogP contribution >= 0.6 is 0 Å². The van der Waals surface area contributed by atoms with E-state index in [2.05, 4.69) is 9.68 Å². The van der Waals surface area contributed by atoms with Crippen LogP contribution in [0.4, 0.5) is 14.9 Å². The van der Waals surface area contributed by atoms with Crippen LogP contribution in [0.25, 0.3) is 0 Å². The number of carbonyl (C=O) groups is 1. The van der Waals surface area contributed by atoms with E-state index in [-0.39, 0.29) is 17.7 Å². The summed E-state index contributed by atoms with van der Waals surface area (Å²) in [6.07, 6.45) is 5.64. The van der Waals surface area contributed by atoms with Gasteiger partial charge in [-0.05, 0) is 67.9 Å². The first-order valence-corrected chi connectivity index (χ1v) is 11.4. The number of nitrogens with zero attached hydrogens (tertiary/aromatic N) is 1.